The van der Waals surface area contributed by atoms with Gasteiger partial charge in [0.1, 0.15) is 5.41 Å². The second kappa shape index (κ2) is 5.93. The van der Waals surface area contributed by atoms with E-state index < -0.39 is 11.5 Å². The zero-order valence-electron chi connectivity index (χ0n) is 11.1. The average Bonchev–Trinajstić information content (AvgIpc) is 2.41. The van der Waals surface area contributed by atoms with Crippen molar-refractivity contribution in [2.45, 2.75) is 44.1 Å². The van der Waals surface area contributed by atoms with Crippen LogP contribution in [0, 0.1) is 0 Å². The Kier molecular flexibility index (Phi) is 4.48. The molecule has 1 saturated carbocycles. The van der Waals surface area contributed by atoms with E-state index in [0.717, 1.165) is 18.4 Å². The largest absolute Gasteiger partial charge is 0.465 e. The number of carbonyl (C=O) groups excluding carboxylic acids is 1. The van der Waals surface area contributed by atoms with E-state index in [1.54, 1.807) is 19.1 Å². The van der Waals surface area contributed by atoms with Gasteiger partial charge in [-0.25, -0.2) is 0 Å². The molecular weight excluding hydrogens is 264 g/mol. The minimum Gasteiger partial charge on any atom is -0.465 e. The zero-order valence-corrected chi connectivity index (χ0v) is 11.8. The fourth-order valence-electron chi connectivity index (χ4n) is 2.85. The lowest BCUT2D eigenvalue weighted by atomic mass is 9.67. The van der Waals surface area contributed by atoms with E-state index in [2.05, 4.69) is 0 Å². The first-order chi connectivity index (χ1) is 9.11. The summed E-state index contributed by atoms with van der Waals surface area (Å²) < 4.78 is 5.21. The van der Waals surface area contributed by atoms with Gasteiger partial charge in [-0.2, -0.15) is 0 Å². The highest BCUT2D eigenvalue weighted by Crippen LogP contribution is 2.41. The van der Waals surface area contributed by atoms with Crippen molar-refractivity contribution < 1.29 is 14.6 Å². The summed E-state index contributed by atoms with van der Waals surface area (Å²) >= 11 is 5.89. The van der Waals surface area contributed by atoms with Gasteiger partial charge >= 0.3 is 5.97 Å². The Morgan fingerprint density at radius 3 is 2.68 bits per heavy atom. The molecule has 0 aliphatic heterocycles. The molecule has 4 heteroatoms. The lowest BCUT2D eigenvalue weighted by molar-refractivity contribution is -0.157. The second-order valence-corrected chi connectivity index (χ2v) is 5.40. The van der Waals surface area contributed by atoms with Crippen molar-refractivity contribution in [1.82, 2.24) is 0 Å². The molecule has 2 rings (SSSR count). The molecule has 2 atom stereocenters. The van der Waals surface area contributed by atoms with Crippen molar-refractivity contribution in [2.24, 2.45) is 0 Å². The van der Waals surface area contributed by atoms with Gasteiger partial charge in [-0.1, -0.05) is 36.6 Å². The summed E-state index contributed by atoms with van der Waals surface area (Å²) in [6.45, 7) is 2.10. The molecule has 0 amide bonds. The first-order valence-corrected chi connectivity index (χ1v) is 7.10. The summed E-state index contributed by atoms with van der Waals surface area (Å²) in [5, 5.41) is 11.0. The van der Waals surface area contributed by atoms with Crippen molar-refractivity contribution >= 4 is 17.6 Å². The molecule has 2 unspecified atom stereocenters. The molecule has 1 aliphatic carbocycles. The first-order valence-electron chi connectivity index (χ1n) is 6.72. The van der Waals surface area contributed by atoms with Crippen LogP contribution in [0.5, 0.6) is 0 Å². The van der Waals surface area contributed by atoms with Gasteiger partial charge in [-0.05, 0) is 37.5 Å². The number of aliphatic hydroxyl groups excluding tert-OH is 1. The quantitative estimate of drug-likeness (QED) is 0.867. The maximum Gasteiger partial charge on any atom is 0.319 e. The van der Waals surface area contributed by atoms with Crippen LogP contribution in [0.4, 0.5) is 0 Å². The van der Waals surface area contributed by atoms with Crippen molar-refractivity contribution in [1.29, 1.82) is 0 Å². The Hall–Kier alpha value is -1.06. The molecule has 19 heavy (non-hydrogen) atoms. The van der Waals surface area contributed by atoms with Gasteiger partial charge < -0.3 is 9.84 Å². The molecule has 1 aromatic rings. The van der Waals surface area contributed by atoms with Gasteiger partial charge in [0.25, 0.3) is 0 Å². The van der Waals surface area contributed by atoms with Crippen LogP contribution in [0.2, 0.25) is 5.02 Å². The lowest BCUT2D eigenvalue weighted by Crippen LogP contribution is -2.49. The van der Waals surface area contributed by atoms with E-state index in [1.165, 1.54) is 0 Å². The van der Waals surface area contributed by atoms with Crippen molar-refractivity contribution in [3.05, 3.63) is 34.9 Å². The van der Waals surface area contributed by atoms with E-state index in [1.807, 2.05) is 12.1 Å². The van der Waals surface area contributed by atoms with E-state index in [0.29, 0.717) is 24.5 Å². The van der Waals surface area contributed by atoms with E-state index in [9.17, 15) is 9.90 Å². The number of hydrogen-bond donors (Lipinski definition) is 1. The van der Waals surface area contributed by atoms with E-state index in [-0.39, 0.29) is 5.97 Å². The molecule has 1 aromatic carbocycles. The summed E-state index contributed by atoms with van der Waals surface area (Å²) in [5.41, 5.74) is -0.138. The van der Waals surface area contributed by atoms with Gasteiger partial charge in [-0.3, -0.25) is 4.79 Å². The van der Waals surface area contributed by atoms with Crippen LogP contribution in [-0.2, 0) is 14.9 Å². The standard InChI is InChI=1S/C15H19ClO3/c1-2-19-14(18)15(10-4-3-5-13(15)17)11-6-8-12(16)9-7-11/h6-9,13,17H,2-5,10H2,1H3. The molecule has 0 saturated heterocycles. The van der Waals surface area contributed by atoms with Crippen LogP contribution < -0.4 is 0 Å². The average molecular weight is 283 g/mol. The van der Waals surface area contributed by atoms with Gasteiger partial charge in [0.05, 0.1) is 12.7 Å². The summed E-state index contributed by atoms with van der Waals surface area (Å²) in [6, 6.07) is 7.12. The van der Waals surface area contributed by atoms with Crippen LogP contribution in [0.3, 0.4) is 0 Å². The molecule has 104 valence electrons. The van der Waals surface area contributed by atoms with Gasteiger partial charge in [0.15, 0.2) is 0 Å². The van der Waals surface area contributed by atoms with Gasteiger partial charge in [0.2, 0.25) is 0 Å². The summed E-state index contributed by atoms with van der Waals surface area (Å²) in [6.07, 6.45) is 2.41. The Bertz CT molecular complexity index is 443. The fraction of sp³-hybridized carbons (Fsp3) is 0.533. The fourth-order valence-corrected chi connectivity index (χ4v) is 2.98. The first kappa shape index (κ1) is 14.4. The van der Waals surface area contributed by atoms with Crippen molar-refractivity contribution in [2.75, 3.05) is 6.61 Å². The number of hydrogen-bond acceptors (Lipinski definition) is 3. The topological polar surface area (TPSA) is 46.5 Å². The monoisotopic (exact) mass is 282 g/mol. The molecule has 0 spiro atoms. The highest BCUT2D eigenvalue weighted by Gasteiger charge is 2.49. The number of ether oxygens (including phenoxy) is 1. The number of esters is 1. The van der Waals surface area contributed by atoms with Crippen molar-refractivity contribution in [3.63, 3.8) is 0 Å². The molecule has 1 N–H and O–H groups in total. The maximum absolute atomic E-state index is 12.4. The molecule has 1 aliphatic rings. The lowest BCUT2D eigenvalue weighted by Gasteiger charge is -2.39. The normalized spacial score (nSPS) is 27.0. The molecule has 0 bridgehead atoms. The number of aliphatic hydroxyl groups is 1. The predicted octanol–water partition coefficient (Wildman–Crippen LogP) is 3.08. The number of rotatable bonds is 3. The smallest absolute Gasteiger partial charge is 0.319 e. The predicted molar refractivity (Wildman–Crippen MR) is 74.2 cm³/mol. The summed E-state index contributed by atoms with van der Waals surface area (Å²) in [4.78, 5) is 12.4. The molecular formula is C15H19ClO3. The third-order valence-corrected chi connectivity index (χ3v) is 4.12. The zero-order chi connectivity index (χ0) is 13.9. The van der Waals surface area contributed by atoms with Crippen LogP contribution >= 0.6 is 11.6 Å². The van der Waals surface area contributed by atoms with E-state index >= 15 is 0 Å². The van der Waals surface area contributed by atoms with Gasteiger partial charge in [-0.15, -0.1) is 0 Å². The SMILES string of the molecule is CCOC(=O)C1(c2ccc(Cl)cc2)CCCCC1O. The summed E-state index contributed by atoms with van der Waals surface area (Å²) in [5.74, 6) is -0.329. The Labute approximate surface area is 118 Å². The highest BCUT2D eigenvalue weighted by atomic mass is 35.5. The van der Waals surface area contributed by atoms with Crippen LogP contribution in [-0.4, -0.2) is 23.8 Å². The highest BCUT2D eigenvalue weighted by molar-refractivity contribution is 6.30. The molecule has 0 radical (unpaired) electrons. The number of benzene rings is 1. The van der Waals surface area contributed by atoms with Crippen LogP contribution in [0.25, 0.3) is 0 Å². The minimum absolute atomic E-state index is 0.320. The molecule has 0 aromatic heterocycles. The number of halogens is 1. The van der Waals surface area contributed by atoms with Crippen LogP contribution in [0.1, 0.15) is 38.2 Å². The minimum atomic E-state index is -0.932. The van der Waals surface area contributed by atoms with Crippen LogP contribution in [0.15, 0.2) is 24.3 Å². The Morgan fingerprint density at radius 2 is 2.11 bits per heavy atom. The third kappa shape index (κ3) is 2.63. The molecule has 3 nitrogen and oxygen atoms in total. The van der Waals surface area contributed by atoms with Gasteiger partial charge in [0, 0.05) is 5.02 Å². The second-order valence-electron chi connectivity index (χ2n) is 4.96. The summed E-state index contributed by atoms with van der Waals surface area (Å²) in [7, 11) is 0. The third-order valence-electron chi connectivity index (χ3n) is 3.87. The van der Waals surface area contributed by atoms with E-state index in [4.69, 9.17) is 16.3 Å². The Balaban J connectivity index is 2.43. The van der Waals surface area contributed by atoms with Crippen molar-refractivity contribution in [3.8, 4) is 0 Å². The molecule has 1 fully saturated rings. The maximum atomic E-state index is 12.4. The molecule has 0 heterocycles. The number of carbonyl (C=O) groups is 1. The Morgan fingerprint density at radius 1 is 1.42 bits per heavy atom.